The Kier molecular flexibility index (Phi) is 7.07. The lowest BCUT2D eigenvalue weighted by atomic mass is 10.0. The molecule has 5 rings (SSSR count). The molecular weight excluding hydrogens is 524 g/mol. The van der Waals surface area contributed by atoms with Crippen LogP contribution in [0.5, 0.6) is 17.2 Å². The molecule has 11 heteroatoms. The second kappa shape index (κ2) is 10.6. The molecule has 1 unspecified atom stereocenters. The van der Waals surface area contributed by atoms with Crippen molar-refractivity contribution in [1.82, 2.24) is 9.71 Å². The summed E-state index contributed by atoms with van der Waals surface area (Å²) in [7, 11) is -4.36. The number of nitrogens with one attached hydrogen (secondary N) is 1. The van der Waals surface area contributed by atoms with Crippen LogP contribution in [0.25, 0.3) is 10.9 Å². The van der Waals surface area contributed by atoms with Crippen molar-refractivity contribution in [2.75, 3.05) is 6.79 Å². The maximum atomic E-state index is 13.6. The summed E-state index contributed by atoms with van der Waals surface area (Å²) >= 11 is 0. The Hall–Kier alpha value is -4.64. The molecule has 2 N–H and O–H groups in total. The lowest BCUT2D eigenvalue weighted by molar-refractivity contribution is -0.126. The summed E-state index contributed by atoms with van der Waals surface area (Å²) in [6.45, 7) is 1.93. The number of hydrogen-bond acceptors (Lipinski definition) is 8. The van der Waals surface area contributed by atoms with Gasteiger partial charge >= 0.3 is 5.97 Å². The Bertz CT molecular complexity index is 1680. The molecule has 200 valence electrons. The summed E-state index contributed by atoms with van der Waals surface area (Å²) in [6, 6.07) is 17.1. The lowest BCUT2D eigenvalue weighted by Crippen LogP contribution is -2.37. The number of amides is 1. The van der Waals surface area contributed by atoms with Gasteiger partial charge in [-0.05, 0) is 54.4 Å². The van der Waals surface area contributed by atoms with E-state index in [9.17, 15) is 23.1 Å². The third kappa shape index (κ3) is 5.34. The second-order valence-electron chi connectivity index (χ2n) is 8.79. The van der Waals surface area contributed by atoms with Crippen molar-refractivity contribution in [3.8, 4) is 17.2 Å². The first-order chi connectivity index (χ1) is 18.8. The molecule has 0 spiro atoms. The molecule has 39 heavy (non-hydrogen) atoms. The molecule has 0 saturated carbocycles. The van der Waals surface area contributed by atoms with Crippen molar-refractivity contribution >= 4 is 32.8 Å². The van der Waals surface area contributed by atoms with E-state index < -0.39 is 28.0 Å². The van der Waals surface area contributed by atoms with Crippen molar-refractivity contribution in [1.29, 1.82) is 0 Å². The molecule has 3 aromatic carbocycles. The highest BCUT2D eigenvalue weighted by Crippen LogP contribution is 2.36. The maximum absolute atomic E-state index is 13.6. The third-order valence-electron chi connectivity index (χ3n) is 6.13. The number of fused-ring (bicyclic) bond motifs is 2. The summed E-state index contributed by atoms with van der Waals surface area (Å²) in [5.41, 5.74) is 1.17. The molecule has 0 radical (unpaired) electrons. The van der Waals surface area contributed by atoms with Crippen LogP contribution in [0.4, 0.5) is 0 Å². The van der Waals surface area contributed by atoms with Gasteiger partial charge in [0, 0.05) is 17.1 Å². The number of carbonyl (C=O) groups excluding carboxylic acids is 1. The first kappa shape index (κ1) is 26.0. The molecule has 2 heterocycles. The predicted octanol–water partition coefficient (Wildman–Crippen LogP) is 4.24. The molecule has 0 saturated heterocycles. The van der Waals surface area contributed by atoms with Gasteiger partial charge in [0.25, 0.3) is 15.9 Å². The molecule has 0 bridgehead atoms. The number of pyridine rings is 1. The number of carboxylic acid groups (broad SMARTS) is 1. The molecule has 1 aliphatic rings. The van der Waals surface area contributed by atoms with Crippen LogP contribution in [0.2, 0.25) is 0 Å². The van der Waals surface area contributed by atoms with E-state index in [1.165, 1.54) is 30.5 Å². The SMILES string of the molecule is CCCc1cc(C(=O)O)ccc1OC(C(=O)NS(=O)(=O)c1cccc2cccnc12)c1ccc2c(c1)OCO2. The Labute approximate surface area is 224 Å². The molecule has 1 aliphatic heterocycles. The van der Waals surface area contributed by atoms with Gasteiger partial charge in [-0.25, -0.2) is 17.9 Å². The normalized spacial score (nSPS) is 13.2. The number of carboxylic acids is 1. The van der Waals surface area contributed by atoms with E-state index in [1.807, 2.05) is 6.92 Å². The van der Waals surface area contributed by atoms with Crippen molar-refractivity contribution in [3.63, 3.8) is 0 Å². The quantitative estimate of drug-likeness (QED) is 0.314. The summed E-state index contributed by atoms with van der Waals surface area (Å²) < 4.78 is 45.8. The Morgan fingerprint density at radius 2 is 1.85 bits per heavy atom. The highest BCUT2D eigenvalue weighted by atomic mass is 32.2. The zero-order valence-corrected chi connectivity index (χ0v) is 21.6. The fourth-order valence-corrected chi connectivity index (χ4v) is 5.47. The second-order valence-corrected chi connectivity index (χ2v) is 10.4. The molecule has 10 nitrogen and oxygen atoms in total. The van der Waals surface area contributed by atoms with Crippen LogP contribution in [0.3, 0.4) is 0 Å². The van der Waals surface area contributed by atoms with E-state index in [2.05, 4.69) is 9.71 Å². The molecule has 0 aliphatic carbocycles. The molecule has 1 aromatic heterocycles. The summed E-state index contributed by atoms with van der Waals surface area (Å²) in [6.07, 6.45) is 1.20. The van der Waals surface area contributed by atoms with Gasteiger partial charge in [-0.15, -0.1) is 0 Å². The minimum Gasteiger partial charge on any atom is -0.478 e. The van der Waals surface area contributed by atoms with Crippen LogP contribution in [-0.2, 0) is 21.2 Å². The number of ether oxygens (including phenoxy) is 3. The number of carbonyl (C=O) groups is 2. The van der Waals surface area contributed by atoms with Crippen molar-refractivity contribution in [2.24, 2.45) is 0 Å². The Balaban J connectivity index is 1.53. The van der Waals surface area contributed by atoms with Gasteiger partial charge in [-0.2, -0.15) is 0 Å². The molecule has 1 atom stereocenters. The summed E-state index contributed by atoms with van der Waals surface area (Å²) in [4.78, 5) is 29.1. The van der Waals surface area contributed by atoms with E-state index in [4.69, 9.17) is 14.2 Å². The van der Waals surface area contributed by atoms with E-state index in [1.54, 1.807) is 42.5 Å². The van der Waals surface area contributed by atoms with Crippen LogP contribution in [0, 0.1) is 0 Å². The Morgan fingerprint density at radius 1 is 1.05 bits per heavy atom. The highest BCUT2D eigenvalue weighted by Gasteiger charge is 2.31. The number of aromatic nitrogens is 1. The number of sulfonamides is 1. The van der Waals surface area contributed by atoms with Gasteiger partial charge in [-0.3, -0.25) is 9.78 Å². The largest absolute Gasteiger partial charge is 0.478 e. The lowest BCUT2D eigenvalue weighted by Gasteiger charge is -2.21. The fourth-order valence-electron chi connectivity index (χ4n) is 4.30. The van der Waals surface area contributed by atoms with E-state index in [0.29, 0.717) is 40.9 Å². The molecule has 1 amide bonds. The highest BCUT2D eigenvalue weighted by molar-refractivity contribution is 7.90. The number of hydrogen-bond donors (Lipinski definition) is 2. The zero-order valence-electron chi connectivity index (χ0n) is 20.8. The smallest absolute Gasteiger partial charge is 0.335 e. The Morgan fingerprint density at radius 3 is 2.64 bits per heavy atom. The number of rotatable bonds is 9. The topological polar surface area (TPSA) is 141 Å². The van der Waals surface area contributed by atoms with Crippen LogP contribution in [-0.4, -0.2) is 37.2 Å². The minimum atomic E-state index is -4.36. The number of aromatic carboxylic acids is 1. The number of aryl methyl sites for hydroxylation is 1. The van der Waals surface area contributed by atoms with Crippen LogP contribution >= 0.6 is 0 Å². The monoisotopic (exact) mass is 548 g/mol. The number of para-hydroxylation sites is 1. The number of nitrogens with zero attached hydrogens (tertiary/aromatic N) is 1. The van der Waals surface area contributed by atoms with Crippen molar-refractivity contribution in [2.45, 2.75) is 30.8 Å². The third-order valence-corrected chi connectivity index (χ3v) is 7.51. The van der Waals surface area contributed by atoms with E-state index in [0.717, 1.165) is 0 Å². The summed E-state index contributed by atoms with van der Waals surface area (Å²) in [5.74, 6) is -0.941. The first-order valence-electron chi connectivity index (χ1n) is 12.1. The molecular formula is C28H24N2O8S. The van der Waals surface area contributed by atoms with Crippen molar-refractivity contribution in [3.05, 3.63) is 89.6 Å². The van der Waals surface area contributed by atoms with Gasteiger partial charge in [0.05, 0.1) is 11.1 Å². The number of benzene rings is 3. The first-order valence-corrected chi connectivity index (χ1v) is 13.6. The average Bonchev–Trinajstić information content (AvgIpc) is 3.40. The van der Waals surface area contributed by atoms with Crippen LogP contribution < -0.4 is 18.9 Å². The van der Waals surface area contributed by atoms with Gasteiger partial charge in [0.2, 0.25) is 12.9 Å². The maximum Gasteiger partial charge on any atom is 0.335 e. The summed E-state index contributed by atoms with van der Waals surface area (Å²) in [5, 5.41) is 10.0. The van der Waals surface area contributed by atoms with Gasteiger partial charge < -0.3 is 19.3 Å². The van der Waals surface area contributed by atoms with Crippen LogP contribution in [0.1, 0.15) is 40.9 Å². The van der Waals surface area contributed by atoms with Gasteiger partial charge in [0.15, 0.2) is 11.5 Å². The molecule has 0 fully saturated rings. The van der Waals surface area contributed by atoms with Crippen molar-refractivity contribution < 1.29 is 37.3 Å². The van der Waals surface area contributed by atoms with Gasteiger partial charge in [0.1, 0.15) is 10.6 Å². The fraction of sp³-hybridized carbons (Fsp3) is 0.179. The minimum absolute atomic E-state index is 0.0102. The van der Waals surface area contributed by atoms with E-state index in [-0.39, 0.29) is 28.5 Å². The predicted molar refractivity (Wildman–Crippen MR) is 140 cm³/mol. The zero-order chi connectivity index (χ0) is 27.6. The molecule has 4 aromatic rings. The van der Waals surface area contributed by atoms with Gasteiger partial charge in [-0.1, -0.05) is 37.6 Å². The standard InChI is InChI=1S/C28H24N2O8S/c1-2-5-18-14-20(28(32)33)10-11-21(18)38-26(19-9-12-22-23(15-19)37-16-36-22)27(31)30-39(34,35)24-8-3-6-17-7-4-13-29-25(17)24/h3-4,6-15,26H,2,5,16H2,1H3,(H,30,31)(H,32,33). The van der Waals surface area contributed by atoms with E-state index >= 15 is 0 Å². The van der Waals surface area contributed by atoms with Crippen LogP contribution in [0.15, 0.2) is 77.8 Å². The average molecular weight is 549 g/mol.